The summed E-state index contributed by atoms with van der Waals surface area (Å²) in [5.41, 5.74) is 0. The monoisotopic (exact) mass is 216 g/mol. The van der Waals surface area contributed by atoms with Gasteiger partial charge in [0.2, 0.25) is 0 Å². The lowest BCUT2D eigenvalue weighted by Crippen LogP contribution is -2.19. The third kappa shape index (κ3) is 6.94. The molecule has 0 aromatic rings. The zero-order valence-corrected chi connectivity index (χ0v) is 9.75. The summed E-state index contributed by atoms with van der Waals surface area (Å²) in [6.07, 6.45) is 1.59. The Morgan fingerprint density at radius 1 is 0.933 bits per heavy atom. The highest BCUT2D eigenvalue weighted by Crippen LogP contribution is 2.05. The van der Waals surface area contributed by atoms with Gasteiger partial charge in [-0.15, -0.1) is 0 Å². The van der Waals surface area contributed by atoms with Crippen LogP contribution in [0.25, 0.3) is 0 Å². The van der Waals surface area contributed by atoms with E-state index in [9.17, 15) is 9.59 Å². The largest absolute Gasteiger partial charge is 0.465 e. The van der Waals surface area contributed by atoms with Gasteiger partial charge in [-0.05, 0) is 6.42 Å². The zero-order chi connectivity index (χ0) is 11.7. The van der Waals surface area contributed by atoms with Crippen molar-refractivity contribution in [2.45, 2.75) is 40.0 Å². The fourth-order valence-electron chi connectivity index (χ4n) is 0.910. The summed E-state index contributed by atoms with van der Waals surface area (Å²) < 4.78 is 9.96. The highest BCUT2D eigenvalue weighted by molar-refractivity contribution is 5.69. The smallest absolute Gasteiger partial charge is 0.305 e. The van der Waals surface area contributed by atoms with E-state index in [1.54, 1.807) is 13.8 Å². The molecule has 0 aromatic heterocycles. The number of esters is 2. The molecule has 0 N–H and O–H groups in total. The normalized spacial score (nSPS) is 10.1. The molecule has 0 saturated carbocycles. The zero-order valence-electron chi connectivity index (χ0n) is 9.75. The van der Waals surface area contributed by atoms with Crippen molar-refractivity contribution in [3.63, 3.8) is 0 Å². The third-order valence-corrected chi connectivity index (χ3v) is 2.11. The molecule has 0 aromatic carbocycles. The Morgan fingerprint density at radius 2 is 1.33 bits per heavy atom. The molecular formula is C11H20O4. The molecule has 0 unspecified atom stereocenters. The summed E-state index contributed by atoms with van der Waals surface area (Å²) in [6, 6.07) is 0. The van der Waals surface area contributed by atoms with Crippen LogP contribution >= 0.6 is 0 Å². The minimum absolute atomic E-state index is 0.107. The SMILES string of the molecule is CCC(=O)OCC(CC)COC(=O)CC. The molecule has 0 bridgehead atoms. The third-order valence-electron chi connectivity index (χ3n) is 2.11. The molecule has 0 amide bonds. The van der Waals surface area contributed by atoms with Crippen LogP contribution < -0.4 is 0 Å². The summed E-state index contributed by atoms with van der Waals surface area (Å²) in [4.78, 5) is 21.8. The lowest BCUT2D eigenvalue weighted by Gasteiger charge is -2.14. The quantitative estimate of drug-likeness (QED) is 0.610. The average Bonchev–Trinajstić information content (AvgIpc) is 2.28. The lowest BCUT2D eigenvalue weighted by atomic mass is 10.1. The second-order valence-electron chi connectivity index (χ2n) is 3.35. The Hall–Kier alpha value is -1.06. The Bertz CT molecular complexity index is 181. The summed E-state index contributed by atoms with van der Waals surface area (Å²) in [7, 11) is 0. The number of carbonyl (C=O) groups is 2. The molecule has 0 spiro atoms. The topological polar surface area (TPSA) is 52.6 Å². The first-order chi connectivity index (χ1) is 7.13. The predicted octanol–water partition coefficient (Wildman–Crippen LogP) is 1.92. The Balaban J connectivity index is 3.73. The van der Waals surface area contributed by atoms with Crippen LogP contribution in [0.5, 0.6) is 0 Å². The lowest BCUT2D eigenvalue weighted by molar-refractivity contribution is -0.148. The second-order valence-corrected chi connectivity index (χ2v) is 3.35. The van der Waals surface area contributed by atoms with Crippen LogP contribution in [-0.4, -0.2) is 25.2 Å². The molecule has 0 aliphatic heterocycles. The minimum atomic E-state index is -0.213. The van der Waals surface area contributed by atoms with Crippen molar-refractivity contribution in [1.82, 2.24) is 0 Å². The van der Waals surface area contributed by atoms with Gasteiger partial charge >= 0.3 is 11.9 Å². The Morgan fingerprint density at radius 3 is 1.60 bits per heavy atom. The molecule has 4 nitrogen and oxygen atoms in total. The molecule has 0 radical (unpaired) electrons. The summed E-state index contributed by atoms with van der Waals surface area (Å²) in [5, 5.41) is 0. The molecular weight excluding hydrogens is 196 g/mol. The highest BCUT2D eigenvalue weighted by Gasteiger charge is 2.11. The molecule has 0 atom stereocenters. The van der Waals surface area contributed by atoms with E-state index in [-0.39, 0.29) is 17.9 Å². The molecule has 4 heteroatoms. The van der Waals surface area contributed by atoms with E-state index in [0.29, 0.717) is 26.1 Å². The van der Waals surface area contributed by atoms with Gasteiger partial charge in [-0.2, -0.15) is 0 Å². The van der Waals surface area contributed by atoms with Gasteiger partial charge in [0.15, 0.2) is 0 Å². The van der Waals surface area contributed by atoms with Crippen LogP contribution in [0.3, 0.4) is 0 Å². The molecule has 0 fully saturated rings. The molecule has 15 heavy (non-hydrogen) atoms. The maximum atomic E-state index is 10.9. The molecule has 0 heterocycles. The fourth-order valence-corrected chi connectivity index (χ4v) is 0.910. The Labute approximate surface area is 90.9 Å². The number of hydrogen-bond acceptors (Lipinski definition) is 4. The molecule has 0 rings (SSSR count). The molecule has 0 saturated heterocycles. The number of rotatable bonds is 7. The Kier molecular flexibility index (Phi) is 7.68. The number of carbonyl (C=O) groups excluding carboxylic acids is 2. The molecule has 0 aliphatic carbocycles. The molecule has 0 aliphatic rings. The second kappa shape index (κ2) is 8.26. The van der Waals surface area contributed by atoms with Gasteiger partial charge in [-0.1, -0.05) is 20.8 Å². The van der Waals surface area contributed by atoms with E-state index in [2.05, 4.69) is 0 Å². The van der Waals surface area contributed by atoms with Crippen molar-refractivity contribution in [3.05, 3.63) is 0 Å². The van der Waals surface area contributed by atoms with E-state index >= 15 is 0 Å². The van der Waals surface area contributed by atoms with Crippen LogP contribution in [0.4, 0.5) is 0 Å². The maximum Gasteiger partial charge on any atom is 0.305 e. The molecule has 88 valence electrons. The van der Waals surface area contributed by atoms with Crippen LogP contribution in [0, 0.1) is 5.92 Å². The van der Waals surface area contributed by atoms with Crippen LogP contribution in [0.2, 0.25) is 0 Å². The first kappa shape index (κ1) is 13.9. The fraction of sp³-hybridized carbons (Fsp3) is 0.818. The number of hydrogen-bond donors (Lipinski definition) is 0. The van der Waals surface area contributed by atoms with Crippen molar-refractivity contribution in [2.75, 3.05) is 13.2 Å². The standard InChI is InChI=1S/C11H20O4/c1-4-9(7-14-10(12)5-2)8-15-11(13)6-3/h9H,4-8H2,1-3H3. The maximum absolute atomic E-state index is 10.9. The van der Waals surface area contributed by atoms with Crippen molar-refractivity contribution >= 4 is 11.9 Å². The van der Waals surface area contributed by atoms with E-state index in [0.717, 1.165) is 6.42 Å². The van der Waals surface area contributed by atoms with Crippen molar-refractivity contribution in [1.29, 1.82) is 0 Å². The van der Waals surface area contributed by atoms with E-state index in [1.807, 2.05) is 6.92 Å². The van der Waals surface area contributed by atoms with E-state index < -0.39 is 0 Å². The van der Waals surface area contributed by atoms with Crippen molar-refractivity contribution in [2.24, 2.45) is 5.92 Å². The number of ether oxygens (including phenoxy) is 2. The predicted molar refractivity (Wildman–Crippen MR) is 56.3 cm³/mol. The van der Waals surface area contributed by atoms with E-state index in [4.69, 9.17) is 9.47 Å². The average molecular weight is 216 g/mol. The van der Waals surface area contributed by atoms with Gasteiger partial charge in [0.1, 0.15) is 0 Å². The van der Waals surface area contributed by atoms with Gasteiger partial charge in [0.25, 0.3) is 0 Å². The van der Waals surface area contributed by atoms with Gasteiger partial charge in [0.05, 0.1) is 13.2 Å². The van der Waals surface area contributed by atoms with Crippen molar-refractivity contribution in [3.8, 4) is 0 Å². The first-order valence-corrected chi connectivity index (χ1v) is 5.45. The van der Waals surface area contributed by atoms with Crippen LogP contribution in [0.1, 0.15) is 40.0 Å². The van der Waals surface area contributed by atoms with Crippen LogP contribution in [-0.2, 0) is 19.1 Å². The van der Waals surface area contributed by atoms with Gasteiger partial charge in [-0.3, -0.25) is 9.59 Å². The highest BCUT2D eigenvalue weighted by atomic mass is 16.5. The van der Waals surface area contributed by atoms with Crippen LogP contribution in [0.15, 0.2) is 0 Å². The summed E-state index contributed by atoms with van der Waals surface area (Å²) >= 11 is 0. The van der Waals surface area contributed by atoms with Crippen molar-refractivity contribution < 1.29 is 19.1 Å². The first-order valence-electron chi connectivity index (χ1n) is 5.45. The van der Waals surface area contributed by atoms with Gasteiger partial charge < -0.3 is 9.47 Å². The minimum Gasteiger partial charge on any atom is -0.465 e. The van der Waals surface area contributed by atoms with Gasteiger partial charge in [-0.25, -0.2) is 0 Å². The summed E-state index contributed by atoms with van der Waals surface area (Å²) in [5.74, 6) is -0.318. The van der Waals surface area contributed by atoms with E-state index in [1.165, 1.54) is 0 Å². The summed E-state index contributed by atoms with van der Waals surface area (Å²) in [6.45, 7) is 6.14. The van der Waals surface area contributed by atoms with Gasteiger partial charge in [0, 0.05) is 18.8 Å².